The quantitative estimate of drug-likeness (QED) is 0.692. The van der Waals surface area contributed by atoms with Crippen LogP contribution >= 0.6 is 11.3 Å². The van der Waals surface area contributed by atoms with Crippen molar-refractivity contribution < 1.29 is 4.79 Å². The second-order valence-electron chi connectivity index (χ2n) is 5.43. The smallest absolute Gasteiger partial charge is 0.246 e. The van der Waals surface area contributed by atoms with Gasteiger partial charge in [-0.2, -0.15) is 5.10 Å². The highest BCUT2D eigenvalue weighted by Crippen LogP contribution is 2.28. The number of hydrogen-bond donors (Lipinski definition) is 0. The second-order valence-corrected chi connectivity index (χ2v) is 6.49. The molecule has 1 amide bonds. The molecule has 6 heteroatoms. The number of nitrogens with zero attached hydrogens (tertiary/aromatic N) is 4. The number of carbonyl (C=O) groups excluding carboxylic acids is 1. The van der Waals surface area contributed by atoms with E-state index in [1.54, 1.807) is 46.3 Å². The number of hydrogen-bond acceptors (Lipinski definition) is 4. The van der Waals surface area contributed by atoms with E-state index < -0.39 is 0 Å². The molecular weight excluding hydrogens is 308 g/mol. The normalized spacial score (nSPS) is 12.8. The maximum Gasteiger partial charge on any atom is 0.246 e. The molecule has 1 aromatic carbocycles. The van der Waals surface area contributed by atoms with Crippen molar-refractivity contribution in [1.29, 1.82) is 0 Å². The van der Waals surface area contributed by atoms with Crippen LogP contribution in [0.1, 0.15) is 23.5 Å². The summed E-state index contributed by atoms with van der Waals surface area (Å²) in [6.45, 7) is 1.99. The number of para-hydroxylation sites is 1. The van der Waals surface area contributed by atoms with E-state index in [1.807, 2.05) is 44.4 Å². The van der Waals surface area contributed by atoms with Gasteiger partial charge in [0.15, 0.2) is 0 Å². The minimum atomic E-state index is -0.0709. The first-order valence-electron chi connectivity index (χ1n) is 7.33. The van der Waals surface area contributed by atoms with Crippen molar-refractivity contribution >= 4 is 33.5 Å². The SMILES string of the molecule is C[C@@H](c1nc2ccccc2s1)N(C)C(=O)/C=C/c1cnn(C)c1. The average molecular weight is 326 g/mol. The minimum Gasteiger partial charge on any atom is -0.333 e. The summed E-state index contributed by atoms with van der Waals surface area (Å²) in [5.74, 6) is -0.0550. The van der Waals surface area contributed by atoms with Gasteiger partial charge < -0.3 is 4.90 Å². The van der Waals surface area contributed by atoms with Crippen LogP contribution in [0.2, 0.25) is 0 Å². The van der Waals surface area contributed by atoms with Crippen molar-refractivity contribution in [1.82, 2.24) is 19.7 Å². The van der Waals surface area contributed by atoms with E-state index in [9.17, 15) is 4.79 Å². The van der Waals surface area contributed by atoms with E-state index in [1.165, 1.54) is 0 Å². The van der Waals surface area contributed by atoms with E-state index in [-0.39, 0.29) is 11.9 Å². The van der Waals surface area contributed by atoms with Crippen LogP contribution in [0.3, 0.4) is 0 Å². The molecule has 2 aromatic heterocycles. The number of rotatable bonds is 4. The molecule has 0 N–H and O–H groups in total. The fourth-order valence-electron chi connectivity index (χ4n) is 2.24. The van der Waals surface area contributed by atoms with Crippen LogP contribution in [0, 0.1) is 0 Å². The van der Waals surface area contributed by atoms with Gasteiger partial charge in [-0.3, -0.25) is 9.48 Å². The van der Waals surface area contributed by atoms with Gasteiger partial charge in [0.25, 0.3) is 0 Å². The van der Waals surface area contributed by atoms with Crippen molar-refractivity contribution in [2.24, 2.45) is 7.05 Å². The van der Waals surface area contributed by atoms with Crippen LogP contribution in [0.4, 0.5) is 0 Å². The summed E-state index contributed by atoms with van der Waals surface area (Å²) in [7, 11) is 3.65. The molecule has 3 rings (SSSR count). The van der Waals surface area contributed by atoms with Gasteiger partial charge in [0.2, 0.25) is 5.91 Å². The molecule has 0 unspecified atom stereocenters. The molecule has 0 saturated carbocycles. The molecule has 0 spiro atoms. The Kier molecular flexibility index (Phi) is 4.25. The predicted octanol–water partition coefficient (Wildman–Crippen LogP) is 3.26. The number of aryl methyl sites for hydroxylation is 1. The molecule has 1 atom stereocenters. The molecule has 0 bridgehead atoms. The Morgan fingerprint density at radius 3 is 2.87 bits per heavy atom. The van der Waals surface area contributed by atoms with Gasteiger partial charge in [0, 0.05) is 31.9 Å². The molecule has 3 aromatic rings. The minimum absolute atomic E-state index is 0.0550. The summed E-state index contributed by atoms with van der Waals surface area (Å²) in [5.41, 5.74) is 1.88. The highest BCUT2D eigenvalue weighted by molar-refractivity contribution is 7.18. The van der Waals surface area contributed by atoms with Gasteiger partial charge in [-0.15, -0.1) is 11.3 Å². The molecule has 0 saturated heterocycles. The maximum absolute atomic E-state index is 12.3. The van der Waals surface area contributed by atoms with Gasteiger partial charge in [-0.25, -0.2) is 4.98 Å². The van der Waals surface area contributed by atoms with Crippen molar-refractivity contribution in [3.8, 4) is 0 Å². The lowest BCUT2D eigenvalue weighted by Crippen LogP contribution is -2.27. The maximum atomic E-state index is 12.3. The number of benzene rings is 1. The summed E-state index contributed by atoms with van der Waals surface area (Å²) < 4.78 is 2.85. The van der Waals surface area contributed by atoms with Crippen LogP contribution in [0.15, 0.2) is 42.7 Å². The summed E-state index contributed by atoms with van der Waals surface area (Å²) in [6.07, 6.45) is 6.93. The molecule has 23 heavy (non-hydrogen) atoms. The van der Waals surface area contributed by atoms with E-state index >= 15 is 0 Å². The van der Waals surface area contributed by atoms with Crippen LogP contribution in [0.5, 0.6) is 0 Å². The number of thiazole rings is 1. The number of amides is 1. The summed E-state index contributed by atoms with van der Waals surface area (Å²) in [5, 5.41) is 5.02. The Labute approximate surface area is 138 Å². The van der Waals surface area contributed by atoms with Gasteiger partial charge in [0.05, 0.1) is 22.5 Å². The highest BCUT2D eigenvalue weighted by atomic mass is 32.1. The van der Waals surface area contributed by atoms with Gasteiger partial charge >= 0.3 is 0 Å². The molecule has 118 valence electrons. The van der Waals surface area contributed by atoms with Crippen molar-refractivity contribution in [2.45, 2.75) is 13.0 Å². The summed E-state index contributed by atoms with van der Waals surface area (Å²) >= 11 is 1.63. The lowest BCUT2D eigenvalue weighted by Gasteiger charge is -2.21. The third kappa shape index (κ3) is 3.32. The Bertz CT molecular complexity index is 831. The molecule has 5 nitrogen and oxygen atoms in total. The Morgan fingerprint density at radius 1 is 1.39 bits per heavy atom. The molecule has 0 aliphatic carbocycles. The van der Waals surface area contributed by atoms with Crippen molar-refractivity contribution in [3.63, 3.8) is 0 Å². The predicted molar refractivity (Wildman–Crippen MR) is 93.0 cm³/mol. The Hall–Kier alpha value is -2.47. The highest BCUT2D eigenvalue weighted by Gasteiger charge is 2.19. The van der Waals surface area contributed by atoms with Gasteiger partial charge in [0.1, 0.15) is 5.01 Å². The molecule has 2 heterocycles. The first kappa shape index (κ1) is 15.4. The fourth-order valence-corrected chi connectivity index (χ4v) is 3.30. The van der Waals surface area contributed by atoms with Crippen LogP contribution < -0.4 is 0 Å². The van der Waals surface area contributed by atoms with Crippen molar-refractivity contribution in [2.75, 3.05) is 7.05 Å². The zero-order chi connectivity index (χ0) is 16.4. The van der Waals surface area contributed by atoms with E-state index in [0.717, 1.165) is 20.8 Å². The molecule has 0 fully saturated rings. The standard InChI is InChI=1S/C17H18N4OS/c1-12(17-19-14-6-4-5-7-15(14)23-17)21(3)16(22)9-8-13-10-18-20(2)11-13/h4-12H,1-3H3/b9-8+/t12-/m0/s1. The van der Waals surface area contributed by atoms with Gasteiger partial charge in [-0.1, -0.05) is 12.1 Å². The fraction of sp³-hybridized carbons (Fsp3) is 0.235. The van der Waals surface area contributed by atoms with Crippen LogP contribution in [-0.2, 0) is 11.8 Å². The van der Waals surface area contributed by atoms with Crippen LogP contribution in [0.25, 0.3) is 16.3 Å². The molecule has 0 aliphatic rings. The average Bonchev–Trinajstić information content (AvgIpc) is 3.16. The van der Waals surface area contributed by atoms with E-state index in [4.69, 9.17) is 0 Å². The Morgan fingerprint density at radius 2 is 2.17 bits per heavy atom. The lowest BCUT2D eigenvalue weighted by molar-refractivity contribution is -0.126. The third-order valence-electron chi connectivity index (χ3n) is 3.74. The zero-order valence-corrected chi connectivity index (χ0v) is 14.1. The third-order valence-corrected chi connectivity index (χ3v) is 4.95. The number of carbonyl (C=O) groups is 1. The Balaban J connectivity index is 1.74. The molecular formula is C17H18N4OS. The van der Waals surface area contributed by atoms with Crippen LogP contribution in [-0.4, -0.2) is 32.6 Å². The number of aromatic nitrogens is 3. The van der Waals surface area contributed by atoms with Crippen molar-refractivity contribution in [3.05, 3.63) is 53.3 Å². The largest absolute Gasteiger partial charge is 0.333 e. The first-order chi connectivity index (χ1) is 11.0. The molecule has 0 radical (unpaired) electrons. The summed E-state index contributed by atoms with van der Waals surface area (Å²) in [4.78, 5) is 18.7. The number of fused-ring (bicyclic) bond motifs is 1. The molecule has 0 aliphatic heterocycles. The zero-order valence-electron chi connectivity index (χ0n) is 13.3. The summed E-state index contributed by atoms with van der Waals surface area (Å²) in [6, 6.07) is 7.94. The van der Waals surface area contributed by atoms with Gasteiger partial charge in [-0.05, 0) is 25.1 Å². The first-order valence-corrected chi connectivity index (χ1v) is 8.15. The second kappa shape index (κ2) is 6.34. The topological polar surface area (TPSA) is 51.0 Å². The lowest BCUT2D eigenvalue weighted by atomic mass is 10.2. The van der Waals surface area contributed by atoms with E-state index in [0.29, 0.717) is 0 Å². The van der Waals surface area contributed by atoms with E-state index in [2.05, 4.69) is 10.1 Å². The number of likely N-dealkylation sites (N-methyl/N-ethyl adjacent to an activating group) is 1. The monoisotopic (exact) mass is 326 g/mol.